The Morgan fingerprint density at radius 2 is 1.76 bits per heavy atom. The number of nitrogens with zero attached hydrogens (tertiary/aromatic N) is 1. The second-order valence-electron chi connectivity index (χ2n) is 5.79. The quantitative estimate of drug-likeness (QED) is 0.594. The van der Waals surface area contributed by atoms with E-state index in [4.69, 9.17) is 14.2 Å². The number of rotatable bonds is 6. The molecule has 0 bridgehead atoms. The highest BCUT2D eigenvalue weighted by atomic mass is 16.5. The van der Waals surface area contributed by atoms with Crippen molar-refractivity contribution in [3.05, 3.63) is 46.8 Å². The zero-order valence-electron chi connectivity index (χ0n) is 15.4. The second-order valence-corrected chi connectivity index (χ2v) is 5.79. The van der Waals surface area contributed by atoms with Crippen LogP contribution in [0.4, 0.5) is 0 Å². The standard InChI is InChI=1S/C19H23NO5/c1-11-16(12(2)20(4)17(11)19(22)24-6)18(21)13(3)25-15-9-7-8-14(10-15)23-5/h7-10,13H,1-6H3/t13-/m1/s1. The lowest BCUT2D eigenvalue weighted by Gasteiger charge is -2.15. The highest BCUT2D eigenvalue weighted by Crippen LogP contribution is 2.25. The smallest absolute Gasteiger partial charge is 0.354 e. The van der Waals surface area contributed by atoms with Gasteiger partial charge in [-0.25, -0.2) is 4.79 Å². The Hall–Kier alpha value is -2.76. The van der Waals surface area contributed by atoms with E-state index in [0.29, 0.717) is 34.0 Å². The van der Waals surface area contributed by atoms with E-state index >= 15 is 0 Å². The van der Waals surface area contributed by atoms with Crippen LogP contribution >= 0.6 is 0 Å². The second kappa shape index (κ2) is 7.42. The molecule has 0 radical (unpaired) electrons. The molecule has 0 N–H and O–H groups in total. The largest absolute Gasteiger partial charge is 0.497 e. The molecule has 2 rings (SSSR count). The molecule has 1 aromatic carbocycles. The highest BCUT2D eigenvalue weighted by Gasteiger charge is 2.28. The Morgan fingerprint density at radius 1 is 1.12 bits per heavy atom. The number of hydrogen-bond acceptors (Lipinski definition) is 5. The zero-order valence-corrected chi connectivity index (χ0v) is 15.4. The molecule has 1 atom stereocenters. The normalized spacial score (nSPS) is 11.8. The Balaban J connectivity index is 2.32. The third-order valence-electron chi connectivity index (χ3n) is 4.28. The molecule has 0 saturated carbocycles. The summed E-state index contributed by atoms with van der Waals surface area (Å²) < 4.78 is 17.4. The molecule has 25 heavy (non-hydrogen) atoms. The van der Waals surface area contributed by atoms with Crippen LogP contribution in [0.3, 0.4) is 0 Å². The maximum atomic E-state index is 12.9. The van der Waals surface area contributed by atoms with Crippen molar-refractivity contribution in [1.29, 1.82) is 0 Å². The van der Waals surface area contributed by atoms with Gasteiger partial charge < -0.3 is 18.8 Å². The first-order valence-corrected chi connectivity index (χ1v) is 7.90. The molecule has 0 aliphatic rings. The minimum Gasteiger partial charge on any atom is -0.497 e. The fourth-order valence-corrected chi connectivity index (χ4v) is 2.86. The molecule has 6 nitrogen and oxygen atoms in total. The van der Waals surface area contributed by atoms with E-state index in [1.54, 1.807) is 63.8 Å². The number of ketones is 1. The zero-order chi connectivity index (χ0) is 18.7. The lowest BCUT2D eigenvalue weighted by atomic mass is 10.0. The van der Waals surface area contributed by atoms with Crippen LogP contribution in [0.25, 0.3) is 0 Å². The van der Waals surface area contributed by atoms with Gasteiger partial charge in [0.15, 0.2) is 6.10 Å². The fourth-order valence-electron chi connectivity index (χ4n) is 2.86. The number of carbonyl (C=O) groups excluding carboxylic acids is 2. The van der Waals surface area contributed by atoms with Gasteiger partial charge in [-0.1, -0.05) is 6.07 Å². The summed E-state index contributed by atoms with van der Waals surface area (Å²) in [6.07, 6.45) is -0.711. The molecule has 6 heteroatoms. The summed E-state index contributed by atoms with van der Waals surface area (Å²) in [4.78, 5) is 24.9. The van der Waals surface area contributed by atoms with Crippen LogP contribution in [0.2, 0.25) is 0 Å². The van der Waals surface area contributed by atoms with Gasteiger partial charge >= 0.3 is 5.97 Å². The molecule has 134 valence electrons. The maximum Gasteiger partial charge on any atom is 0.354 e. The predicted octanol–water partition coefficient (Wildman–Crippen LogP) is 3.09. The van der Waals surface area contributed by atoms with Crippen molar-refractivity contribution in [1.82, 2.24) is 4.57 Å². The molecule has 0 spiro atoms. The average molecular weight is 345 g/mol. The van der Waals surface area contributed by atoms with E-state index in [9.17, 15) is 9.59 Å². The molecule has 0 amide bonds. The van der Waals surface area contributed by atoms with Crippen LogP contribution in [0, 0.1) is 13.8 Å². The average Bonchev–Trinajstić information content (AvgIpc) is 2.83. The highest BCUT2D eigenvalue weighted by molar-refractivity contribution is 6.04. The molecule has 1 heterocycles. The minimum absolute atomic E-state index is 0.191. The topological polar surface area (TPSA) is 66.8 Å². The van der Waals surface area contributed by atoms with Crippen molar-refractivity contribution in [3.63, 3.8) is 0 Å². The molecular weight excluding hydrogens is 322 g/mol. The molecule has 2 aromatic rings. The summed E-state index contributed by atoms with van der Waals surface area (Å²) in [5, 5.41) is 0. The van der Waals surface area contributed by atoms with Gasteiger partial charge in [-0.05, 0) is 38.5 Å². The molecule has 0 unspecified atom stereocenters. The van der Waals surface area contributed by atoms with Crippen LogP contribution in [0.15, 0.2) is 24.3 Å². The number of methoxy groups -OCH3 is 2. The van der Waals surface area contributed by atoms with Crippen LogP contribution in [-0.4, -0.2) is 36.6 Å². The van der Waals surface area contributed by atoms with Gasteiger partial charge in [0.05, 0.1) is 14.2 Å². The summed E-state index contributed by atoms with van der Waals surface area (Å²) in [5.74, 6) is 0.531. The summed E-state index contributed by atoms with van der Waals surface area (Å²) in [7, 11) is 4.62. The molecular formula is C19H23NO5. The Bertz CT molecular complexity index is 806. The van der Waals surface area contributed by atoms with Gasteiger partial charge in [0.2, 0.25) is 5.78 Å². The van der Waals surface area contributed by atoms with Crippen molar-refractivity contribution >= 4 is 11.8 Å². The van der Waals surface area contributed by atoms with Crippen molar-refractivity contribution in [2.45, 2.75) is 26.9 Å². The van der Waals surface area contributed by atoms with Gasteiger partial charge in [-0.15, -0.1) is 0 Å². The third kappa shape index (κ3) is 3.52. The Kier molecular flexibility index (Phi) is 5.51. The molecule has 0 saturated heterocycles. The summed E-state index contributed by atoms with van der Waals surface area (Å²) in [6.45, 7) is 5.22. The minimum atomic E-state index is -0.711. The van der Waals surface area contributed by atoms with E-state index in [2.05, 4.69) is 0 Å². The Labute approximate surface area is 147 Å². The van der Waals surface area contributed by atoms with Gasteiger partial charge in [0.1, 0.15) is 17.2 Å². The molecule has 1 aromatic heterocycles. The van der Waals surface area contributed by atoms with Gasteiger partial charge in [-0.2, -0.15) is 0 Å². The van der Waals surface area contributed by atoms with Crippen LogP contribution in [0.1, 0.15) is 39.0 Å². The number of hydrogen-bond donors (Lipinski definition) is 0. The van der Waals surface area contributed by atoms with Gasteiger partial charge in [0.25, 0.3) is 0 Å². The van der Waals surface area contributed by atoms with E-state index in [1.807, 2.05) is 0 Å². The van der Waals surface area contributed by atoms with E-state index in [0.717, 1.165) is 0 Å². The van der Waals surface area contributed by atoms with Crippen molar-refractivity contribution in [2.75, 3.05) is 14.2 Å². The van der Waals surface area contributed by atoms with Gasteiger partial charge in [-0.3, -0.25) is 4.79 Å². The number of aromatic nitrogens is 1. The molecule has 0 aliphatic carbocycles. The number of ether oxygens (including phenoxy) is 3. The predicted molar refractivity (Wildman–Crippen MR) is 93.6 cm³/mol. The maximum absolute atomic E-state index is 12.9. The van der Waals surface area contributed by atoms with Crippen molar-refractivity contribution in [2.24, 2.45) is 7.05 Å². The molecule has 0 aliphatic heterocycles. The summed E-state index contributed by atoms with van der Waals surface area (Å²) in [5.41, 5.74) is 2.15. The number of benzene rings is 1. The SMILES string of the molecule is COC(=O)c1c(C)c(C(=O)[C@@H](C)Oc2cccc(OC)c2)c(C)n1C. The van der Waals surface area contributed by atoms with Crippen molar-refractivity contribution < 1.29 is 23.8 Å². The number of esters is 1. The van der Waals surface area contributed by atoms with Crippen LogP contribution in [0.5, 0.6) is 11.5 Å². The molecule has 0 fully saturated rings. The van der Waals surface area contributed by atoms with Crippen LogP contribution < -0.4 is 9.47 Å². The first-order chi connectivity index (χ1) is 11.8. The van der Waals surface area contributed by atoms with E-state index < -0.39 is 12.1 Å². The summed E-state index contributed by atoms with van der Waals surface area (Å²) >= 11 is 0. The monoisotopic (exact) mass is 345 g/mol. The van der Waals surface area contributed by atoms with E-state index in [1.165, 1.54) is 7.11 Å². The Morgan fingerprint density at radius 3 is 2.36 bits per heavy atom. The van der Waals surface area contributed by atoms with Crippen molar-refractivity contribution in [3.8, 4) is 11.5 Å². The van der Waals surface area contributed by atoms with E-state index in [-0.39, 0.29) is 5.78 Å². The first-order valence-electron chi connectivity index (χ1n) is 7.90. The fraction of sp³-hybridized carbons (Fsp3) is 0.368. The number of Topliss-reactive ketones (excluding diaryl/α,β-unsaturated/α-hetero) is 1. The first kappa shape index (κ1) is 18.6. The van der Waals surface area contributed by atoms with Crippen LogP contribution in [-0.2, 0) is 11.8 Å². The lowest BCUT2D eigenvalue weighted by Crippen LogP contribution is -2.25. The van der Waals surface area contributed by atoms with Gasteiger partial charge in [0, 0.05) is 24.4 Å². The lowest BCUT2D eigenvalue weighted by molar-refractivity contribution is 0.0588. The number of carbonyl (C=O) groups is 2. The third-order valence-corrected chi connectivity index (χ3v) is 4.28. The summed E-state index contributed by atoms with van der Waals surface area (Å²) in [6, 6.07) is 7.07.